The van der Waals surface area contributed by atoms with E-state index in [0.717, 1.165) is 17.8 Å². The number of alkyl halides is 1. The molecule has 0 bridgehead atoms. The molecule has 106 valence electrons. The van der Waals surface area contributed by atoms with Crippen LogP contribution in [0, 0.1) is 0 Å². The molecule has 1 aliphatic rings. The molecule has 4 nitrogen and oxygen atoms in total. The summed E-state index contributed by atoms with van der Waals surface area (Å²) in [6.45, 7) is 5.07. The molecule has 1 unspecified atom stereocenters. The minimum Gasteiger partial charge on any atom is -0.475 e. The van der Waals surface area contributed by atoms with Crippen molar-refractivity contribution in [3.8, 4) is 5.88 Å². The standard InChI is InChI=1S/C14H22BrN3O/c1-11(2)19-13-7-9-16-14(17-13)18-10-4-6-12(18)5-3-8-15/h7,9,11-12H,3-6,8,10H2,1-2H3. The summed E-state index contributed by atoms with van der Waals surface area (Å²) in [4.78, 5) is 11.3. The van der Waals surface area contributed by atoms with Gasteiger partial charge in [0.25, 0.3) is 0 Å². The van der Waals surface area contributed by atoms with Gasteiger partial charge in [-0.3, -0.25) is 0 Å². The molecule has 1 aromatic heterocycles. The number of aromatic nitrogens is 2. The average molecular weight is 328 g/mol. The minimum atomic E-state index is 0.144. The van der Waals surface area contributed by atoms with Gasteiger partial charge in [0.15, 0.2) is 0 Å². The monoisotopic (exact) mass is 327 g/mol. The number of anilines is 1. The summed E-state index contributed by atoms with van der Waals surface area (Å²) in [5, 5.41) is 1.06. The molecule has 0 N–H and O–H groups in total. The predicted molar refractivity (Wildman–Crippen MR) is 81.2 cm³/mol. The lowest BCUT2D eigenvalue weighted by Crippen LogP contribution is -2.31. The Kier molecular flexibility index (Phi) is 5.43. The number of halogens is 1. The third-order valence-electron chi connectivity index (χ3n) is 3.28. The molecule has 0 aliphatic carbocycles. The van der Waals surface area contributed by atoms with E-state index in [-0.39, 0.29) is 6.10 Å². The van der Waals surface area contributed by atoms with Crippen LogP contribution in [0.25, 0.3) is 0 Å². The Morgan fingerprint density at radius 3 is 3.11 bits per heavy atom. The van der Waals surface area contributed by atoms with Gasteiger partial charge in [-0.1, -0.05) is 15.9 Å². The number of hydrogen-bond acceptors (Lipinski definition) is 4. The fourth-order valence-corrected chi connectivity index (χ4v) is 2.81. The second-order valence-electron chi connectivity index (χ2n) is 5.18. The van der Waals surface area contributed by atoms with E-state index in [4.69, 9.17) is 4.74 Å². The highest BCUT2D eigenvalue weighted by Crippen LogP contribution is 2.26. The van der Waals surface area contributed by atoms with Crippen LogP contribution in [-0.2, 0) is 0 Å². The van der Waals surface area contributed by atoms with Gasteiger partial charge in [-0.25, -0.2) is 4.98 Å². The Morgan fingerprint density at radius 1 is 1.53 bits per heavy atom. The normalized spacial score (nSPS) is 19.2. The van der Waals surface area contributed by atoms with Gasteiger partial charge in [0.1, 0.15) is 0 Å². The Balaban J connectivity index is 2.07. The summed E-state index contributed by atoms with van der Waals surface area (Å²) < 4.78 is 5.65. The Labute approximate surface area is 123 Å². The van der Waals surface area contributed by atoms with Crippen LogP contribution >= 0.6 is 15.9 Å². The summed E-state index contributed by atoms with van der Waals surface area (Å²) in [6, 6.07) is 2.40. The maximum atomic E-state index is 5.65. The van der Waals surface area contributed by atoms with Crippen LogP contribution in [0.4, 0.5) is 5.95 Å². The zero-order chi connectivity index (χ0) is 13.7. The Hall–Kier alpha value is -0.840. The first-order chi connectivity index (χ1) is 9.20. The highest BCUT2D eigenvalue weighted by molar-refractivity contribution is 9.09. The van der Waals surface area contributed by atoms with Crippen LogP contribution in [0.3, 0.4) is 0 Å². The maximum Gasteiger partial charge on any atom is 0.228 e. The van der Waals surface area contributed by atoms with Crippen molar-refractivity contribution in [1.82, 2.24) is 9.97 Å². The molecule has 0 amide bonds. The molecule has 0 radical (unpaired) electrons. The van der Waals surface area contributed by atoms with Gasteiger partial charge in [0, 0.05) is 30.2 Å². The van der Waals surface area contributed by atoms with E-state index in [0.29, 0.717) is 11.9 Å². The highest BCUT2D eigenvalue weighted by Gasteiger charge is 2.26. The van der Waals surface area contributed by atoms with Gasteiger partial charge in [0.2, 0.25) is 11.8 Å². The fraction of sp³-hybridized carbons (Fsp3) is 0.714. The molecule has 1 aliphatic heterocycles. The highest BCUT2D eigenvalue weighted by atomic mass is 79.9. The summed E-state index contributed by atoms with van der Waals surface area (Å²) in [5.74, 6) is 1.49. The molecule has 1 fully saturated rings. The lowest BCUT2D eigenvalue weighted by Gasteiger charge is -2.24. The second-order valence-corrected chi connectivity index (χ2v) is 5.98. The van der Waals surface area contributed by atoms with Crippen molar-refractivity contribution in [2.45, 2.75) is 51.7 Å². The van der Waals surface area contributed by atoms with Gasteiger partial charge in [-0.05, 0) is 39.5 Å². The molecule has 2 rings (SSSR count). The summed E-state index contributed by atoms with van der Waals surface area (Å²) >= 11 is 3.50. The van der Waals surface area contributed by atoms with E-state index in [9.17, 15) is 0 Å². The third kappa shape index (κ3) is 4.06. The summed E-state index contributed by atoms with van der Waals surface area (Å²) in [6.07, 6.45) is 6.80. The SMILES string of the molecule is CC(C)Oc1ccnc(N2CCCC2CCCBr)n1. The molecular weight excluding hydrogens is 306 g/mol. The van der Waals surface area contributed by atoms with Crippen LogP contribution in [-0.4, -0.2) is 34.0 Å². The average Bonchev–Trinajstić information content (AvgIpc) is 2.84. The van der Waals surface area contributed by atoms with Crippen LogP contribution in [0.5, 0.6) is 5.88 Å². The fourth-order valence-electron chi connectivity index (χ4n) is 2.49. The molecule has 0 spiro atoms. The van der Waals surface area contributed by atoms with Crippen molar-refractivity contribution in [3.63, 3.8) is 0 Å². The van der Waals surface area contributed by atoms with Crippen molar-refractivity contribution in [1.29, 1.82) is 0 Å². The van der Waals surface area contributed by atoms with Gasteiger partial charge < -0.3 is 9.64 Å². The van der Waals surface area contributed by atoms with Crippen LogP contribution in [0.1, 0.15) is 39.5 Å². The van der Waals surface area contributed by atoms with E-state index in [1.54, 1.807) is 6.20 Å². The maximum absolute atomic E-state index is 5.65. The van der Waals surface area contributed by atoms with E-state index in [1.165, 1.54) is 25.7 Å². The number of hydrogen-bond donors (Lipinski definition) is 0. The van der Waals surface area contributed by atoms with Crippen molar-refractivity contribution >= 4 is 21.9 Å². The van der Waals surface area contributed by atoms with Crippen molar-refractivity contribution in [2.24, 2.45) is 0 Å². The Bertz CT molecular complexity index is 400. The van der Waals surface area contributed by atoms with Crippen LogP contribution < -0.4 is 9.64 Å². The van der Waals surface area contributed by atoms with Gasteiger partial charge in [-0.15, -0.1) is 0 Å². The predicted octanol–water partition coefficient (Wildman–Crippen LogP) is 3.41. The first-order valence-electron chi connectivity index (χ1n) is 7.03. The summed E-state index contributed by atoms with van der Waals surface area (Å²) in [7, 11) is 0. The first-order valence-corrected chi connectivity index (χ1v) is 8.15. The van der Waals surface area contributed by atoms with Crippen LogP contribution in [0.2, 0.25) is 0 Å². The molecule has 1 aromatic rings. The summed E-state index contributed by atoms with van der Waals surface area (Å²) in [5.41, 5.74) is 0. The Morgan fingerprint density at radius 2 is 2.37 bits per heavy atom. The topological polar surface area (TPSA) is 38.2 Å². The zero-order valence-corrected chi connectivity index (χ0v) is 13.3. The van der Waals surface area contributed by atoms with Gasteiger partial charge in [0.05, 0.1) is 6.10 Å². The number of ether oxygens (including phenoxy) is 1. The number of nitrogens with zero attached hydrogens (tertiary/aromatic N) is 3. The molecule has 0 aromatic carbocycles. The van der Waals surface area contributed by atoms with Crippen molar-refractivity contribution in [3.05, 3.63) is 12.3 Å². The molecule has 1 atom stereocenters. The molecule has 2 heterocycles. The first kappa shape index (κ1) is 14.6. The largest absolute Gasteiger partial charge is 0.475 e. The minimum absolute atomic E-state index is 0.144. The third-order valence-corrected chi connectivity index (χ3v) is 3.84. The van der Waals surface area contributed by atoms with Gasteiger partial charge >= 0.3 is 0 Å². The van der Waals surface area contributed by atoms with E-state index >= 15 is 0 Å². The lowest BCUT2D eigenvalue weighted by molar-refractivity contribution is 0.232. The van der Waals surface area contributed by atoms with E-state index in [1.807, 2.05) is 19.9 Å². The molecule has 19 heavy (non-hydrogen) atoms. The lowest BCUT2D eigenvalue weighted by atomic mass is 10.1. The zero-order valence-electron chi connectivity index (χ0n) is 11.7. The van der Waals surface area contributed by atoms with Crippen LogP contribution in [0.15, 0.2) is 12.3 Å². The second kappa shape index (κ2) is 7.08. The van der Waals surface area contributed by atoms with E-state index in [2.05, 4.69) is 30.8 Å². The smallest absolute Gasteiger partial charge is 0.228 e. The number of rotatable bonds is 6. The van der Waals surface area contributed by atoms with Crippen molar-refractivity contribution in [2.75, 3.05) is 16.8 Å². The van der Waals surface area contributed by atoms with Gasteiger partial charge in [-0.2, -0.15) is 4.98 Å². The molecular formula is C14H22BrN3O. The molecule has 5 heteroatoms. The van der Waals surface area contributed by atoms with E-state index < -0.39 is 0 Å². The van der Waals surface area contributed by atoms with Crippen molar-refractivity contribution < 1.29 is 4.74 Å². The quantitative estimate of drug-likeness (QED) is 0.750. The molecule has 0 saturated carbocycles. The molecule has 1 saturated heterocycles.